The summed E-state index contributed by atoms with van der Waals surface area (Å²) in [7, 11) is 0. The van der Waals surface area contributed by atoms with Gasteiger partial charge in [0.25, 0.3) is 0 Å². The maximum Gasteiger partial charge on any atom is 0.409 e. The predicted molar refractivity (Wildman–Crippen MR) is 108 cm³/mol. The highest BCUT2D eigenvalue weighted by Crippen LogP contribution is 2.34. The van der Waals surface area contributed by atoms with Crippen LogP contribution in [-0.4, -0.2) is 53.7 Å². The molecule has 2 heterocycles. The van der Waals surface area contributed by atoms with Gasteiger partial charge in [-0.2, -0.15) is 4.98 Å². The summed E-state index contributed by atoms with van der Waals surface area (Å²) in [6, 6.07) is 3.68. The SMILES string of the molecule is CCOC(=O)N1CCN(c2ncnc(Oc3cc(C)c(Cl)c(C)c3)c2N)CC1. The van der Waals surface area contributed by atoms with Crippen molar-refractivity contribution in [2.24, 2.45) is 0 Å². The average Bonchev–Trinajstić information content (AvgIpc) is 2.68. The second-order valence-electron chi connectivity index (χ2n) is 6.56. The fourth-order valence-corrected chi connectivity index (χ4v) is 3.21. The summed E-state index contributed by atoms with van der Waals surface area (Å²) < 4.78 is 11.0. The molecule has 28 heavy (non-hydrogen) atoms. The van der Waals surface area contributed by atoms with Crippen molar-refractivity contribution >= 4 is 29.2 Å². The summed E-state index contributed by atoms with van der Waals surface area (Å²) in [6.45, 7) is 8.25. The number of amides is 1. The number of aryl methyl sites for hydroxylation is 2. The standard InChI is InChI=1S/C19H24ClN5O3/c1-4-27-19(26)25-7-5-24(6-8-25)17-16(21)18(23-11-22-17)28-14-9-12(2)15(20)13(3)10-14/h9-11H,4-8,21H2,1-3H3. The molecular formula is C19H24ClN5O3. The van der Waals surface area contributed by atoms with Crippen LogP contribution >= 0.6 is 11.6 Å². The van der Waals surface area contributed by atoms with Gasteiger partial charge in [-0.25, -0.2) is 9.78 Å². The first-order chi connectivity index (χ1) is 13.4. The van der Waals surface area contributed by atoms with E-state index in [1.54, 1.807) is 11.8 Å². The van der Waals surface area contributed by atoms with Crippen LogP contribution in [0.15, 0.2) is 18.5 Å². The fraction of sp³-hybridized carbons (Fsp3) is 0.421. The Morgan fingerprint density at radius 2 is 1.82 bits per heavy atom. The van der Waals surface area contributed by atoms with Gasteiger partial charge in [-0.3, -0.25) is 0 Å². The first kappa shape index (κ1) is 20.0. The number of aromatic nitrogens is 2. The number of carbonyl (C=O) groups is 1. The van der Waals surface area contributed by atoms with Crippen molar-refractivity contribution < 1.29 is 14.3 Å². The van der Waals surface area contributed by atoms with Crippen LogP contribution < -0.4 is 15.4 Å². The van der Waals surface area contributed by atoms with Crippen LogP contribution in [-0.2, 0) is 4.74 Å². The summed E-state index contributed by atoms with van der Waals surface area (Å²) in [6.07, 6.45) is 1.13. The number of nitrogens with two attached hydrogens (primary N) is 1. The second kappa shape index (κ2) is 8.52. The molecule has 2 N–H and O–H groups in total. The number of nitrogens with zero attached hydrogens (tertiary/aromatic N) is 4. The van der Waals surface area contributed by atoms with E-state index < -0.39 is 0 Å². The van der Waals surface area contributed by atoms with Crippen molar-refractivity contribution in [3.8, 4) is 11.6 Å². The third kappa shape index (κ3) is 4.22. The molecule has 2 aromatic rings. The van der Waals surface area contributed by atoms with Crippen LogP contribution in [0, 0.1) is 13.8 Å². The Hall–Kier alpha value is -2.74. The van der Waals surface area contributed by atoms with Gasteiger partial charge in [-0.15, -0.1) is 0 Å². The third-order valence-electron chi connectivity index (χ3n) is 4.56. The highest BCUT2D eigenvalue weighted by Gasteiger charge is 2.25. The largest absolute Gasteiger partial charge is 0.450 e. The first-order valence-electron chi connectivity index (χ1n) is 9.12. The molecule has 0 radical (unpaired) electrons. The average molecular weight is 406 g/mol. The lowest BCUT2D eigenvalue weighted by Gasteiger charge is -2.35. The molecule has 3 rings (SSSR count). The molecule has 1 aliphatic heterocycles. The minimum Gasteiger partial charge on any atom is -0.450 e. The van der Waals surface area contributed by atoms with Gasteiger partial charge in [0, 0.05) is 31.2 Å². The summed E-state index contributed by atoms with van der Waals surface area (Å²) >= 11 is 6.22. The van der Waals surface area contributed by atoms with Gasteiger partial charge in [0.05, 0.1) is 6.61 Å². The van der Waals surface area contributed by atoms with E-state index in [1.165, 1.54) is 6.33 Å². The van der Waals surface area contributed by atoms with Crippen molar-refractivity contribution in [1.82, 2.24) is 14.9 Å². The van der Waals surface area contributed by atoms with Crippen LogP contribution in [0.25, 0.3) is 0 Å². The van der Waals surface area contributed by atoms with E-state index in [1.807, 2.05) is 30.9 Å². The Kier molecular flexibility index (Phi) is 6.08. The van der Waals surface area contributed by atoms with E-state index in [4.69, 9.17) is 26.8 Å². The lowest BCUT2D eigenvalue weighted by molar-refractivity contribution is 0.105. The van der Waals surface area contributed by atoms with E-state index in [0.717, 1.165) is 11.1 Å². The van der Waals surface area contributed by atoms with Gasteiger partial charge >= 0.3 is 6.09 Å². The maximum atomic E-state index is 11.8. The first-order valence-corrected chi connectivity index (χ1v) is 9.50. The number of benzene rings is 1. The second-order valence-corrected chi connectivity index (χ2v) is 6.94. The molecule has 150 valence electrons. The Morgan fingerprint density at radius 3 is 2.43 bits per heavy atom. The summed E-state index contributed by atoms with van der Waals surface area (Å²) in [5.41, 5.74) is 8.48. The molecule has 0 bridgehead atoms. The summed E-state index contributed by atoms with van der Waals surface area (Å²) in [5.74, 6) is 1.50. The molecule has 0 unspecified atom stereocenters. The predicted octanol–water partition coefficient (Wildman–Crippen LogP) is 3.40. The number of piperazine rings is 1. The number of carbonyl (C=O) groups excluding carboxylic acids is 1. The van der Waals surface area contributed by atoms with E-state index in [9.17, 15) is 4.79 Å². The zero-order chi connectivity index (χ0) is 20.3. The zero-order valence-electron chi connectivity index (χ0n) is 16.2. The highest BCUT2D eigenvalue weighted by atomic mass is 35.5. The minimum absolute atomic E-state index is 0.291. The lowest BCUT2D eigenvalue weighted by atomic mass is 10.1. The molecular weight excluding hydrogens is 382 g/mol. The molecule has 1 aliphatic rings. The van der Waals surface area contributed by atoms with Crippen molar-refractivity contribution in [3.63, 3.8) is 0 Å². The van der Waals surface area contributed by atoms with Crippen LogP contribution in [0.3, 0.4) is 0 Å². The number of ether oxygens (including phenoxy) is 2. The number of halogens is 1. The molecule has 1 aromatic carbocycles. The Balaban J connectivity index is 1.74. The van der Waals surface area contributed by atoms with Crippen LogP contribution in [0.2, 0.25) is 5.02 Å². The third-order valence-corrected chi connectivity index (χ3v) is 5.15. The molecule has 8 nitrogen and oxygen atoms in total. The Labute approximate surface area is 169 Å². The Morgan fingerprint density at radius 1 is 1.18 bits per heavy atom. The topological polar surface area (TPSA) is 93.8 Å². The molecule has 1 amide bonds. The van der Waals surface area contributed by atoms with Gasteiger partial charge in [0.15, 0.2) is 5.82 Å². The van der Waals surface area contributed by atoms with Gasteiger partial charge < -0.3 is 25.0 Å². The zero-order valence-corrected chi connectivity index (χ0v) is 17.0. The van der Waals surface area contributed by atoms with Gasteiger partial charge in [0.2, 0.25) is 5.88 Å². The van der Waals surface area contributed by atoms with Crippen LogP contribution in [0.5, 0.6) is 11.6 Å². The van der Waals surface area contributed by atoms with E-state index in [2.05, 4.69) is 9.97 Å². The van der Waals surface area contributed by atoms with Crippen LogP contribution in [0.1, 0.15) is 18.1 Å². The molecule has 0 spiro atoms. The lowest BCUT2D eigenvalue weighted by Crippen LogP contribution is -2.49. The molecule has 0 saturated carbocycles. The molecule has 1 aromatic heterocycles. The van der Waals surface area contributed by atoms with Gasteiger partial charge in [0.1, 0.15) is 17.8 Å². The summed E-state index contributed by atoms with van der Waals surface area (Å²) in [5, 5.41) is 0.711. The number of anilines is 2. The highest BCUT2D eigenvalue weighted by molar-refractivity contribution is 6.32. The van der Waals surface area contributed by atoms with Crippen molar-refractivity contribution in [3.05, 3.63) is 34.6 Å². The summed E-state index contributed by atoms with van der Waals surface area (Å²) in [4.78, 5) is 24.0. The normalized spacial score (nSPS) is 14.1. The number of rotatable bonds is 4. The van der Waals surface area contributed by atoms with Gasteiger partial charge in [-0.1, -0.05) is 11.6 Å². The van der Waals surface area contributed by atoms with E-state index in [0.29, 0.717) is 60.9 Å². The minimum atomic E-state index is -0.296. The molecule has 9 heteroatoms. The quantitative estimate of drug-likeness (QED) is 0.832. The monoisotopic (exact) mass is 405 g/mol. The van der Waals surface area contributed by atoms with E-state index >= 15 is 0 Å². The molecule has 0 atom stereocenters. The fourth-order valence-electron chi connectivity index (χ4n) is 3.10. The van der Waals surface area contributed by atoms with Crippen molar-refractivity contribution in [2.45, 2.75) is 20.8 Å². The number of hydrogen-bond donors (Lipinski definition) is 1. The molecule has 1 saturated heterocycles. The van der Waals surface area contributed by atoms with Crippen LogP contribution in [0.4, 0.5) is 16.3 Å². The molecule has 1 fully saturated rings. The van der Waals surface area contributed by atoms with Crippen molar-refractivity contribution in [2.75, 3.05) is 43.4 Å². The van der Waals surface area contributed by atoms with Crippen molar-refractivity contribution in [1.29, 1.82) is 0 Å². The molecule has 0 aliphatic carbocycles. The van der Waals surface area contributed by atoms with E-state index in [-0.39, 0.29) is 6.09 Å². The van der Waals surface area contributed by atoms with Gasteiger partial charge in [-0.05, 0) is 44.0 Å². The smallest absolute Gasteiger partial charge is 0.409 e. The Bertz CT molecular complexity index is 846. The number of hydrogen-bond acceptors (Lipinski definition) is 7. The number of nitrogen functional groups attached to an aromatic ring is 1. The maximum absolute atomic E-state index is 11.8.